The summed E-state index contributed by atoms with van der Waals surface area (Å²) in [4.78, 5) is 14.2. The Morgan fingerprint density at radius 1 is 1.33 bits per heavy atom. The lowest BCUT2D eigenvalue weighted by molar-refractivity contribution is 0.0601. The average molecular weight is 269 g/mol. The molecule has 6 nitrogen and oxygen atoms in total. The van der Waals surface area contributed by atoms with Crippen LogP contribution in [-0.4, -0.2) is 32.7 Å². The number of esters is 1. The Hall–Kier alpha value is -2.02. The molecule has 0 aliphatic heterocycles. The van der Waals surface area contributed by atoms with Gasteiger partial charge in [-0.3, -0.25) is 0 Å². The number of hydrogen-bond donors (Lipinski definition) is 1. The molecule has 0 saturated heterocycles. The summed E-state index contributed by atoms with van der Waals surface area (Å²) in [5.74, 6) is -0.263. The molecule has 1 heterocycles. The van der Waals surface area contributed by atoms with Gasteiger partial charge in [0.2, 0.25) is 0 Å². The van der Waals surface area contributed by atoms with E-state index in [0.29, 0.717) is 16.5 Å². The van der Waals surface area contributed by atoms with E-state index in [1.807, 2.05) is 0 Å². The number of aromatic amines is 1. The van der Waals surface area contributed by atoms with E-state index in [2.05, 4.69) is 9.72 Å². The third-order valence-corrected chi connectivity index (χ3v) is 2.79. The Morgan fingerprint density at radius 3 is 2.67 bits per heavy atom. The Morgan fingerprint density at radius 2 is 2.06 bits per heavy atom. The number of nitrogens with one attached hydrogen (secondary N) is 1. The third-order valence-electron chi connectivity index (χ3n) is 2.31. The molecule has 2 rings (SSSR count). The van der Waals surface area contributed by atoms with E-state index in [1.165, 1.54) is 19.4 Å². The molecule has 0 bridgehead atoms. The van der Waals surface area contributed by atoms with Crippen molar-refractivity contribution >= 4 is 27.0 Å². The fourth-order valence-corrected chi connectivity index (χ4v) is 2.04. The van der Waals surface area contributed by atoms with Crippen LogP contribution in [0.5, 0.6) is 5.75 Å². The van der Waals surface area contributed by atoms with Gasteiger partial charge in [0.1, 0.15) is 0 Å². The van der Waals surface area contributed by atoms with Gasteiger partial charge in [0.05, 0.1) is 24.4 Å². The van der Waals surface area contributed by atoms with Gasteiger partial charge >= 0.3 is 16.1 Å². The van der Waals surface area contributed by atoms with Crippen molar-refractivity contribution in [2.75, 3.05) is 13.4 Å². The van der Waals surface area contributed by atoms with Crippen LogP contribution in [0.25, 0.3) is 10.9 Å². The lowest BCUT2D eigenvalue weighted by Gasteiger charge is -2.01. The number of aromatic nitrogens is 1. The van der Waals surface area contributed by atoms with Crippen molar-refractivity contribution in [2.45, 2.75) is 0 Å². The second-order valence-corrected chi connectivity index (χ2v) is 5.27. The SMILES string of the molecule is COC(=O)c1ccc2c(OS(C)(=O)=O)c[nH]c2c1. The average Bonchev–Trinajstić information content (AvgIpc) is 2.68. The van der Waals surface area contributed by atoms with Gasteiger partial charge in [-0.15, -0.1) is 0 Å². The molecular formula is C11H11NO5S. The van der Waals surface area contributed by atoms with Gasteiger partial charge in [0.25, 0.3) is 0 Å². The Balaban J connectivity index is 2.47. The lowest BCUT2D eigenvalue weighted by atomic mass is 10.1. The first kappa shape index (κ1) is 12.4. The van der Waals surface area contributed by atoms with Gasteiger partial charge in [-0.05, 0) is 18.2 Å². The van der Waals surface area contributed by atoms with Gasteiger partial charge in [-0.2, -0.15) is 8.42 Å². The van der Waals surface area contributed by atoms with E-state index in [9.17, 15) is 13.2 Å². The van der Waals surface area contributed by atoms with E-state index in [4.69, 9.17) is 4.18 Å². The third kappa shape index (κ3) is 2.45. The molecule has 18 heavy (non-hydrogen) atoms. The molecule has 0 fully saturated rings. The zero-order chi connectivity index (χ0) is 13.3. The monoisotopic (exact) mass is 269 g/mol. The van der Waals surface area contributed by atoms with E-state index < -0.39 is 16.1 Å². The highest BCUT2D eigenvalue weighted by Crippen LogP contribution is 2.27. The smallest absolute Gasteiger partial charge is 0.337 e. The number of H-pyrrole nitrogens is 1. The summed E-state index contributed by atoms with van der Waals surface area (Å²) in [6, 6.07) is 4.70. The van der Waals surface area contributed by atoms with E-state index in [0.717, 1.165) is 6.26 Å². The minimum atomic E-state index is -3.58. The first-order valence-corrected chi connectivity index (χ1v) is 6.81. The summed E-state index contributed by atoms with van der Waals surface area (Å²) in [5, 5.41) is 0.577. The molecule has 0 amide bonds. The van der Waals surface area contributed by atoms with Crippen molar-refractivity contribution in [3.63, 3.8) is 0 Å². The molecule has 0 unspecified atom stereocenters. The summed E-state index contributed by atoms with van der Waals surface area (Å²) in [7, 11) is -2.29. The van der Waals surface area contributed by atoms with Crippen LogP contribution in [0.2, 0.25) is 0 Å². The van der Waals surface area contributed by atoms with Crippen LogP contribution in [0.3, 0.4) is 0 Å². The second-order valence-electron chi connectivity index (χ2n) is 3.69. The number of carbonyl (C=O) groups is 1. The topological polar surface area (TPSA) is 85.5 Å². The van der Waals surface area contributed by atoms with Crippen molar-refractivity contribution in [2.24, 2.45) is 0 Å². The maximum atomic E-state index is 11.3. The predicted octanol–water partition coefficient (Wildman–Crippen LogP) is 1.29. The summed E-state index contributed by atoms with van der Waals surface area (Å²) < 4.78 is 31.5. The summed E-state index contributed by atoms with van der Waals surface area (Å²) in [5.41, 5.74) is 0.967. The minimum absolute atomic E-state index is 0.198. The molecule has 0 aliphatic carbocycles. The maximum Gasteiger partial charge on any atom is 0.337 e. The van der Waals surface area contributed by atoms with Gasteiger partial charge in [0, 0.05) is 11.6 Å². The van der Waals surface area contributed by atoms with Crippen LogP contribution in [0.4, 0.5) is 0 Å². The number of fused-ring (bicyclic) bond motifs is 1. The summed E-state index contributed by atoms with van der Waals surface area (Å²) in [6.07, 6.45) is 2.39. The second kappa shape index (κ2) is 4.34. The molecule has 7 heteroatoms. The largest absolute Gasteiger partial charge is 0.465 e. The van der Waals surface area contributed by atoms with Crippen LogP contribution in [0.15, 0.2) is 24.4 Å². The van der Waals surface area contributed by atoms with Gasteiger partial charge in [-0.1, -0.05) is 0 Å². The van der Waals surface area contributed by atoms with Gasteiger partial charge in [0.15, 0.2) is 5.75 Å². The van der Waals surface area contributed by atoms with Gasteiger partial charge < -0.3 is 13.9 Å². The zero-order valence-corrected chi connectivity index (χ0v) is 10.6. The van der Waals surface area contributed by atoms with Crippen LogP contribution in [0, 0.1) is 0 Å². The summed E-state index contributed by atoms with van der Waals surface area (Å²) in [6.45, 7) is 0. The maximum absolute atomic E-state index is 11.3. The van der Waals surface area contributed by atoms with Crippen LogP contribution in [0.1, 0.15) is 10.4 Å². The van der Waals surface area contributed by atoms with Crippen LogP contribution < -0.4 is 4.18 Å². The van der Waals surface area contributed by atoms with Crippen LogP contribution in [-0.2, 0) is 14.9 Å². The van der Waals surface area contributed by atoms with E-state index in [-0.39, 0.29) is 5.75 Å². The minimum Gasteiger partial charge on any atom is -0.465 e. The predicted molar refractivity (Wildman–Crippen MR) is 65.1 cm³/mol. The van der Waals surface area contributed by atoms with Crippen molar-refractivity contribution in [3.05, 3.63) is 30.0 Å². The van der Waals surface area contributed by atoms with E-state index >= 15 is 0 Å². The molecule has 1 aromatic heterocycles. The van der Waals surface area contributed by atoms with Crippen molar-refractivity contribution in [1.82, 2.24) is 4.98 Å². The molecular weight excluding hydrogens is 258 g/mol. The summed E-state index contributed by atoms with van der Waals surface area (Å²) >= 11 is 0. The molecule has 0 radical (unpaired) electrons. The first-order chi connectivity index (χ1) is 8.40. The number of methoxy groups -OCH3 is 1. The lowest BCUT2D eigenvalue weighted by Crippen LogP contribution is -2.05. The fourth-order valence-electron chi connectivity index (χ4n) is 1.58. The first-order valence-electron chi connectivity index (χ1n) is 4.99. The number of carbonyl (C=O) groups excluding carboxylic acids is 1. The number of rotatable bonds is 3. The van der Waals surface area contributed by atoms with Crippen molar-refractivity contribution < 1.29 is 22.1 Å². The normalized spacial score (nSPS) is 11.4. The Bertz CT molecular complexity index is 701. The molecule has 0 spiro atoms. The van der Waals surface area contributed by atoms with Crippen LogP contribution >= 0.6 is 0 Å². The van der Waals surface area contributed by atoms with E-state index in [1.54, 1.807) is 12.1 Å². The number of hydrogen-bond acceptors (Lipinski definition) is 5. The van der Waals surface area contributed by atoms with Crippen molar-refractivity contribution in [1.29, 1.82) is 0 Å². The highest BCUT2D eigenvalue weighted by atomic mass is 32.2. The molecule has 2 aromatic rings. The fraction of sp³-hybridized carbons (Fsp3) is 0.182. The molecule has 0 saturated carbocycles. The Labute approximate surface area is 104 Å². The number of ether oxygens (including phenoxy) is 1. The Kier molecular flexibility index (Phi) is 3.00. The molecule has 96 valence electrons. The standard InChI is InChI=1S/C11H11NO5S/c1-16-11(13)7-3-4-8-9(5-7)12-6-10(8)17-18(2,14)15/h3-6,12H,1-2H3. The zero-order valence-electron chi connectivity index (χ0n) is 9.76. The molecule has 0 aliphatic rings. The molecule has 0 atom stereocenters. The molecule has 1 aromatic carbocycles. The molecule has 1 N–H and O–H groups in total. The quantitative estimate of drug-likeness (QED) is 0.670. The highest BCUT2D eigenvalue weighted by molar-refractivity contribution is 7.86. The number of benzene rings is 1. The van der Waals surface area contributed by atoms with Gasteiger partial charge in [-0.25, -0.2) is 4.79 Å². The highest BCUT2D eigenvalue weighted by Gasteiger charge is 2.12. The van der Waals surface area contributed by atoms with Crippen molar-refractivity contribution in [3.8, 4) is 5.75 Å².